The van der Waals surface area contributed by atoms with Crippen LogP contribution in [0.2, 0.25) is 0 Å². The van der Waals surface area contributed by atoms with E-state index in [1.807, 2.05) is 0 Å². The third-order valence-corrected chi connectivity index (χ3v) is 5.48. The van der Waals surface area contributed by atoms with E-state index in [-0.39, 0.29) is 45.3 Å². The van der Waals surface area contributed by atoms with Crippen molar-refractivity contribution >= 4 is 35.0 Å². The molecule has 0 aromatic heterocycles. The molecule has 0 saturated heterocycles. The quantitative estimate of drug-likeness (QED) is 0.111. The van der Waals surface area contributed by atoms with E-state index in [9.17, 15) is 44.7 Å². The molecule has 0 aliphatic heterocycles. The van der Waals surface area contributed by atoms with E-state index in [0.29, 0.717) is 0 Å². The number of hydrogen-bond acceptors (Lipinski definition) is 12. The van der Waals surface area contributed by atoms with Crippen LogP contribution in [0, 0.1) is 30.3 Å². The summed E-state index contributed by atoms with van der Waals surface area (Å²) in [4.78, 5) is 69.2. The third-order valence-electron chi connectivity index (χ3n) is 5.48. The molecule has 15 heteroatoms. The van der Waals surface area contributed by atoms with E-state index in [0.717, 1.165) is 72.8 Å². The van der Waals surface area contributed by atoms with Crippen LogP contribution in [0.25, 0.3) is 0 Å². The topological polar surface area (TPSA) is 208 Å². The maximum atomic E-state index is 12.9. The number of non-ortho nitro benzene ring substituents is 3. The Bertz CT molecular complexity index is 1630. The fourth-order valence-electron chi connectivity index (χ4n) is 3.38. The number of rotatable bonds is 9. The van der Waals surface area contributed by atoms with Crippen molar-refractivity contribution in [2.45, 2.75) is 0 Å². The number of carbonyl (C=O) groups excluding carboxylic acids is 3. The Labute approximate surface area is 233 Å². The van der Waals surface area contributed by atoms with E-state index in [1.165, 1.54) is 18.2 Å². The second kappa shape index (κ2) is 12.1. The van der Waals surface area contributed by atoms with E-state index < -0.39 is 38.4 Å². The Kier molecular flexibility index (Phi) is 8.22. The predicted octanol–water partition coefficient (Wildman–Crippen LogP) is 5.07. The molecule has 0 radical (unpaired) electrons. The highest BCUT2D eigenvalue weighted by atomic mass is 16.6. The van der Waals surface area contributed by atoms with Crippen LogP contribution in [0.4, 0.5) is 17.1 Å². The first-order valence-electron chi connectivity index (χ1n) is 11.6. The van der Waals surface area contributed by atoms with Gasteiger partial charge in [-0.05, 0) is 48.5 Å². The Balaban J connectivity index is 1.66. The van der Waals surface area contributed by atoms with Crippen LogP contribution < -0.4 is 14.2 Å². The molecule has 15 nitrogen and oxygen atoms in total. The van der Waals surface area contributed by atoms with E-state index in [1.54, 1.807) is 0 Å². The molecule has 4 aromatic rings. The monoisotopic (exact) mass is 573 g/mol. The summed E-state index contributed by atoms with van der Waals surface area (Å²) in [5.41, 5.74) is -1.16. The van der Waals surface area contributed by atoms with Crippen molar-refractivity contribution in [1.82, 2.24) is 0 Å². The lowest BCUT2D eigenvalue weighted by Gasteiger charge is -2.14. The lowest BCUT2D eigenvalue weighted by atomic mass is 10.2. The molecule has 42 heavy (non-hydrogen) atoms. The minimum atomic E-state index is -1.06. The van der Waals surface area contributed by atoms with Crippen molar-refractivity contribution in [1.29, 1.82) is 0 Å². The molecule has 4 rings (SSSR count). The van der Waals surface area contributed by atoms with Gasteiger partial charge in [0.1, 0.15) is 0 Å². The van der Waals surface area contributed by atoms with Gasteiger partial charge in [0.2, 0.25) is 5.75 Å². The molecule has 0 spiro atoms. The normalized spacial score (nSPS) is 10.3. The highest BCUT2D eigenvalue weighted by Gasteiger charge is 2.24. The molecule has 4 aromatic carbocycles. The maximum Gasteiger partial charge on any atom is 0.343 e. The van der Waals surface area contributed by atoms with Crippen molar-refractivity contribution in [3.8, 4) is 17.2 Å². The number of esters is 3. The lowest BCUT2D eigenvalue weighted by Crippen LogP contribution is -2.15. The van der Waals surface area contributed by atoms with Gasteiger partial charge in [-0.25, -0.2) is 14.4 Å². The molecule has 0 aliphatic carbocycles. The van der Waals surface area contributed by atoms with Crippen LogP contribution >= 0.6 is 0 Å². The zero-order valence-electron chi connectivity index (χ0n) is 20.9. The van der Waals surface area contributed by atoms with Gasteiger partial charge in [0.15, 0.2) is 11.5 Å². The number of carbonyl (C=O) groups is 3. The van der Waals surface area contributed by atoms with Crippen LogP contribution in [0.5, 0.6) is 17.2 Å². The Hall–Kier alpha value is -6.51. The molecule has 0 amide bonds. The Morgan fingerprint density at radius 3 is 1.02 bits per heavy atom. The summed E-state index contributed by atoms with van der Waals surface area (Å²) in [7, 11) is 0. The molecular weight excluding hydrogens is 558 g/mol. The van der Waals surface area contributed by atoms with Crippen LogP contribution in [0.15, 0.2) is 91.0 Å². The summed E-state index contributed by atoms with van der Waals surface area (Å²) < 4.78 is 16.1. The van der Waals surface area contributed by atoms with Gasteiger partial charge in [-0.15, -0.1) is 0 Å². The number of hydrogen-bond donors (Lipinski definition) is 0. The summed E-state index contributed by atoms with van der Waals surface area (Å²) in [5, 5.41) is 32.7. The first-order valence-corrected chi connectivity index (χ1v) is 11.6. The van der Waals surface area contributed by atoms with Gasteiger partial charge in [-0.2, -0.15) is 0 Å². The van der Waals surface area contributed by atoms with Gasteiger partial charge in [-0.3, -0.25) is 30.3 Å². The fraction of sp³-hybridized carbons (Fsp3) is 0. The number of para-hydroxylation sites is 1. The molecule has 0 atom stereocenters. The van der Waals surface area contributed by atoms with E-state index in [4.69, 9.17) is 14.2 Å². The number of benzene rings is 4. The van der Waals surface area contributed by atoms with Gasteiger partial charge in [0.05, 0.1) is 31.5 Å². The molecule has 0 N–H and O–H groups in total. The molecule has 0 saturated carbocycles. The van der Waals surface area contributed by atoms with Crippen molar-refractivity contribution in [2.75, 3.05) is 0 Å². The Morgan fingerprint density at radius 1 is 0.452 bits per heavy atom. The number of nitrogens with zero attached hydrogens (tertiary/aromatic N) is 3. The van der Waals surface area contributed by atoms with Crippen molar-refractivity contribution < 1.29 is 43.4 Å². The van der Waals surface area contributed by atoms with Crippen molar-refractivity contribution in [3.05, 3.63) is 138 Å². The molecule has 210 valence electrons. The zero-order valence-corrected chi connectivity index (χ0v) is 20.9. The summed E-state index contributed by atoms with van der Waals surface area (Å²) in [6, 6.07) is 17.0. The van der Waals surface area contributed by atoms with Crippen LogP contribution in [0.3, 0.4) is 0 Å². The molecule has 0 fully saturated rings. The minimum absolute atomic E-state index is 0.0958. The van der Waals surface area contributed by atoms with Crippen LogP contribution in [-0.4, -0.2) is 32.7 Å². The summed E-state index contributed by atoms with van der Waals surface area (Å²) in [6.07, 6.45) is 0. The summed E-state index contributed by atoms with van der Waals surface area (Å²) in [5.74, 6) is -4.36. The molecular formula is C27H15N3O12. The average molecular weight is 573 g/mol. The number of nitro benzene ring substituents is 3. The summed E-state index contributed by atoms with van der Waals surface area (Å²) in [6.45, 7) is 0. The van der Waals surface area contributed by atoms with Crippen molar-refractivity contribution in [2.24, 2.45) is 0 Å². The maximum absolute atomic E-state index is 12.9. The highest BCUT2D eigenvalue weighted by molar-refractivity contribution is 5.95. The van der Waals surface area contributed by atoms with Gasteiger partial charge in [-0.1, -0.05) is 6.07 Å². The average Bonchev–Trinajstić information content (AvgIpc) is 2.98. The zero-order chi connectivity index (χ0) is 30.4. The minimum Gasteiger partial charge on any atom is -0.419 e. The molecule has 0 heterocycles. The first kappa shape index (κ1) is 28.5. The second-order valence-electron chi connectivity index (χ2n) is 8.16. The lowest BCUT2D eigenvalue weighted by molar-refractivity contribution is -0.385. The smallest absolute Gasteiger partial charge is 0.343 e. The van der Waals surface area contributed by atoms with Crippen molar-refractivity contribution in [3.63, 3.8) is 0 Å². The molecule has 0 unspecified atom stereocenters. The predicted molar refractivity (Wildman–Crippen MR) is 141 cm³/mol. The fourth-order valence-corrected chi connectivity index (χ4v) is 3.38. The standard InChI is InChI=1S/C27H15N3O12/c31-25(16-4-10-19(11-5-16)28(34)35)40-22-2-1-3-23(41-26(32)17-6-12-20(13-7-17)29(36)37)24(22)42-27(33)18-8-14-21(15-9-18)30(38)39/h1-15H. The largest absolute Gasteiger partial charge is 0.419 e. The molecule has 0 bridgehead atoms. The SMILES string of the molecule is O=C(Oc1cccc(OC(=O)c2ccc([N+](=O)[O-])cc2)c1OC(=O)c1ccc([N+](=O)[O-])cc1)c1ccc([N+](=O)[O-])cc1. The third kappa shape index (κ3) is 6.55. The van der Waals surface area contributed by atoms with Gasteiger partial charge < -0.3 is 14.2 Å². The van der Waals surface area contributed by atoms with Crippen LogP contribution in [0.1, 0.15) is 31.1 Å². The van der Waals surface area contributed by atoms with E-state index in [2.05, 4.69) is 0 Å². The highest BCUT2D eigenvalue weighted by Crippen LogP contribution is 2.39. The Morgan fingerprint density at radius 2 is 0.738 bits per heavy atom. The van der Waals surface area contributed by atoms with Gasteiger partial charge in [0.25, 0.3) is 17.1 Å². The van der Waals surface area contributed by atoms with E-state index >= 15 is 0 Å². The first-order chi connectivity index (χ1) is 20.0. The molecule has 0 aliphatic rings. The van der Waals surface area contributed by atoms with Crippen LogP contribution in [-0.2, 0) is 0 Å². The second-order valence-corrected chi connectivity index (χ2v) is 8.16. The summed E-state index contributed by atoms with van der Waals surface area (Å²) >= 11 is 0. The van der Waals surface area contributed by atoms with Gasteiger partial charge >= 0.3 is 17.9 Å². The number of ether oxygens (including phenoxy) is 3. The van der Waals surface area contributed by atoms with Gasteiger partial charge in [0, 0.05) is 36.4 Å². The number of nitro groups is 3.